The number of nitro groups is 1. The molecule has 3 aromatic rings. The second kappa shape index (κ2) is 9.82. The monoisotopic (exact) mass is 441 g/mol. The van der Waals surface area contributed by atoms with Crippen molar-refractivity contribution >= 4 is 28.9 Å². The van der Waals surface area contributed by atoms with Crippen LogP contribution >= 0.6 is 11.6 Å². The van der Waals surface area contributed by atoms with Gasteiger partial charge in [-0.15, -0.1) is 0 Å². The molecule has 0 spiro atoms. The Bertz CT molecular complexity index is 1100. The number of nitrogens with one attached hydrogen (secondary N) is 1. The highest BCUT2D eigenvalue weighted by Crippen LogP contribution is 2.32. The van der Waals surface area contributed by atoms with Crippen LogP contribution in [0, 0.1) is 17.0 Å². The van der Waals surface area contributed by atoms with Crippen LogP contribution in [0.1, 0.15) is 11.1 Å². The van der Waals surface area contributed by atoms with E-state index in [9.17, 15) is 20.0 Å². The maximum absolute atomic E-state index is 11.1. The number of carbonyl (C=O) groups is 1. The molecule has 0 aliphatic carbocycles. The first-order chi connectivity index (χ1) is 14.8. The molecule has 31 heavy (non-hydrogen) atoms. The lowest BCUT2D eigenvalue weighted by Gasteiger charge is -2.12. The molecule has 0 bridgehead atoms. The van der Waals surface area contributed by atoms with Crippen LogP contribution in [0.15, 0.2) is 60.7 Å². The lowest BCUT2D eigenvalue weighted by Crippen LogP contribution is -2.28. The first kappa shape index (κ1) is 21.9. The molecule has 160 valence electrons. The Balaban J connectivity index is 1.63. The maximum atomic E-state index is 11.1. The highest BCUT2D eigenvalue weighted by Gasteiger charge is 2.13. The minimum atomic E-state index is -1.35. The Hall–Kier alpha value is -3.78. The van der Waals surface area contributed by atoms with Crippen LogP contribution < -0.4 is 19.9 Å². The van der Waals surface area contributed by atoms with Crippen molar-refractivity contribution in [1.82, 2.24) is 0 Å². The molecular formula is C22H18ClN2O6-. The molecule has 0 saturated heterocycles. The van der Waals surface area contributed by atoms with E-state index in [0.717, 1.165) is 5.56 Å². The van der Waals surface area contributed by atoms with Crippen molar-refractivity contribution in [2.45, 2.75) is 13.5 Å². The Labute approximate surface area is 183 Å². The lowest BCUT2D eigenvalue weighted by molar-refractivity contribution is -0.385. The number of benzene rings is 3. The van der Waals surface area contributed by atoms with Gasteiger partial charge in [0.25, 0.3) is 5.69 Å². The molecule has 9 heteroatoms. The van der Waals surface area contributed by atoms with Crippen LogP contribution in [0.3, 0.4) is 0 Å². The van der Waals surface area contributed by atoms with E-state index in [1.807, 2.05) is 12.1 Å². The summed E-state index contributed by atoms with van der Waals surface area (Å²) in [6.07, 6.45) is 0. The van der Waals surface area contributed by atoms with Gasteiger partial charge in [-0.1, -0.05) is 29.8 Å². The lowest BCUT2D eigenvalue weighted by atomic mass is 10.1. The molecule has 3 aromatic carbocycles. The topological polar surface area (TPSA) is 114 Å². The van der Waals surface area contributed by atoms with E-state index in [4.69, 9.17) is 21.1 Å². The minimum absolute atomic E-state index is 0.0691. The molecule has 0 aromatic heterocycles. The third kappa shape index (κ3) is 5.86. The van der Waals surface area contributed by atoms with Crippen LogP contribution in [0.5, 0.6) is 17.2 Å². The van der Waals surface area contributed by atoms with Crippen molar-refractivity contribution in [2.75, 3.05) is 11.9 Å². The zero-order valence-corrected chi connectivity index (χ0v) is 17.2. The minimum Gasteiger partial charge on any atom is -0.546 e. The van der Waals surface area contributed by atoms with E-state index in [-0.39, 0.29) is 16.5 Å². The van der Waals surface area contributed by atoms with E-state index >= 15 is 0 Å². The molecule has 0 saturated carbocycles. The van der Waals surface area contributed by atoms with Gasteiger partial charge in [0.15, 0.2) is 0 Å². The smallest absolute Gasteiger partial charge is 0.274 e. The first-order valence-electron chi connectivity index (χ1n) is 9.20. The third-order valence-electron chi connectivity index (χ3n) is 4.39. The second-order valence-electron chi connectivity index (χ2n) is 6.56. The molecule has 8 nitrogen and oxygen atoms in total. The van der Waals surface area contributed by atoms with Gasteiger partial charge in [0.2, 0.25) is 0 Å². The number of carbonyl (C=O) groups excluding carboxylic acids is 1. The van der Waals surface area contributed by atoms with E-state index in [1.54, 1.807) is 43.3 Å². The molecule has 0 unspecified atom stereocenters. The summed E-state index contributed by atoms with van der Waals surface area (Å²) in [5, 5.41) is 25.1. The van der Waals surface area contributed by atoms with E-state index in [2.05, 4.69) is 5.32 Å². The number of anilines is 1. The second-order valence-corrected chi connectivity index (χ2v) is 6.97. The highest BCUT2D eigenvalue weighted by molar-refractivity contribution is 6.32. The summed E-state index contributed by atoms with van der Waals surface area (Å²) in [7, 11) is 0. The van der Waals surface area contributed by atoms with Crippen molar-refractivity contribution in [3.8, 4) is 17.2 Å². The Morgan fingerprint density at radius 1 is 1.10 bits per heavy atom. The van der Waals surface area contributed by atoms with Gasteiger partial charge in [-0.2, -0.15) is 0 Å². The number of carboxylic acids is 1. The van der Waals surface area contributed by atoms with Gasteiger partial charge in [0.05, 0.1) is 15.9 Å². The standard InChI is InChI=1S/C22H19ClN2O6/c1-14-19(3-2-4-20(14)25(28)29)24-12-15-5-7-16(8-6-15)31-17-9-10-18(23)21(11-17)30-13-22(26)27/h2-11,24H,12-13H2,1H3,(H,26,27)/p-1. The molecule has 0 radical (unpaired) electrons. The van der Waals surface area contributed by atoms with Gasteiger partial charge in [0.1, 0.15) is 23.9 Å². The summed E-state index contributed by atoms with van der Waals surface area (Å²) >= 11 is 5.99. The van der Waals surface area contributed by atoms with Crippen LogP contribution in [-0.2, 0) is 11.3 Å². The normalized spacial score (nSPS) is 10.4. The summed E-state index contributed by atoms with van der Waals surface area (Å²) in [6.45, 7) is 1.56. The highest BCUT2D eigenvalue weighted by atomic mass is 35.5. The molecular weight excluding hydrogens is 424 g/mol. The summed E-state index contributed by atoms with van der Waals surface area (Å²) in [4.78, 5) is 21.2. The Morgan fingerprint density at radius 3 is 2.48 bits per heavy atom. The predicted molar refractivity (Wildman–Crippen MR) is 114 cm³/mol. The predicted octanol–water partition coefficient (Wildman–Crippen LogP) is 4.09. The van der Waals surface area contributed by atoms with Crippen molar-refractivity contribution in [1.29, 1.82) is 0 Å². The number of nitrogens with zero attached hydrogens (tertiary/aromatic N) is 1. The third-order valence-corrected chi connectivity index (χ3v) is 4.70. The average Bonchev–Trinajstić information content (AvgIpc) is 2.74. The number of halogens is 1. The van der Waals surface area contributed by atoms with Gasteiger partial charge in [-0.3, -0.25) is 10.1 Å². The van der Waals surface area contributed by atoms with Crippen LogP contribution in [0.25, 0.3) is 0 Å². The Kier molecular flexibility index (Phi) is 6.94. The number of hydrogen-bond acceptors (Lipinski definition) is 7. The maximum Gasteiger partial charge on any atom is 0.274 e. The number of rotatable bonds is 9. The van der Waals surface area contributed by atoms with E-state index < -0.39 is 17.5 Å². The number of aliphatic carboxylic acids is 1. The quantitative estimate of drug-likeness (QED) is 0.393. The van der Waals surface area contributed by atoms with Crippen LogP contribution in [0.4, 0.5) is 11.4 Å². The van der Waals surface area contributed by atoms with Crippen molar-refractivity contribution in [3.05, 3.63) is 86.9 Å². The van der Waals surface area contributed by atoms with Gasteiger partial charge in [0, 0.05) is 29.9 Å². The summed E-state index contributed by atoms with van der Waals surface area (Å²) < 4.78 is 10.8. The zero-order valence-electron chi connectivity index (χ0n) is 16.5. The van der Waals surface area contributed by atoms with Crippen molar-refractivity contribution < 1.29 is 24.3 Å². The molecule has 0 aliphatic heterocycles. The summed E-state index contributed by atoms with van der Waals surface area (Å²) in [6, 6.07) is 16.8. The fourth-order valence-corrected chi connectivity index (χ4v) is 2.99. The fourth-order valence-electron chi connectivity index (χ4n) is 2.82. The average molecular weight is 442 g/mol. The first-order valence-corrected chi connectivity index (χ1v) is 9.58. The van der Waals surface area contributed by atoms with E-state index in [1.165, 1.54) is 12.1 Å². The number of ether oxygens (including phenoxy) is 2. The van der Waals surface area contributed by atoms with Gasteiger partial charge < -0.3 is 24.7 Å². The summed E-state index contributed by atoms with van der Waals surface area (Å²) in [5.41, 5.74) is 2.29. The number of hydrogen-bond donors (Lipinski definition) is 1. The molecule has 0 fully saturated rings. The molecule has 1 N–H and O–H groups in total. The van der Waals surface area contributed by atoms with Gasteiger partial charge in [-0.25, -0.2) is 0 Å². The van der Waals surface area contributed by atoms with Crippen molar-refractivity contribution in [3.63, 3.8) is 0 Å². The number of carboxylic acid groups (broad SMARTS) is 1. The van der Waals surface area contributed by atoms with E-state index in [0.29, 0.717) is 29.3 Å². The molecule has 0 amide bonds. The molecule has 0 heterocycles. The van der Waals surface area contributed by atoms with Gasteiger partial charge >= 0.3 is 0 Å². The SMILES string of the molecule is Cc1c(NCc2ccc(Oc3ccc(Cl)c(OCC(=O)[O-])c3)cc2)cccc1[N+](=O)[O-]. The largest absolute Gasteiger partial charge is 0.546 e. The number of nitro benzene ring substituents is 1. The molecule has 3 rings (SSSR count). The molecule has 0 aliphatic rings. The van der Waals surface area contributed by atoms with Crippen LogP contribution in [0.2, 0.25) is 5.02 Å². The van der Waals surface area contributed by atoms with Gasteiger partial charge in [-0.05, 0) is 42.8 Å². The van der Waals surface area contributed by atoms with Crippen LogP contribution in [-0.4, -0.2) is 17.5 Å². The summed E-state index contributed by atoms with van der Waals surface area (Å²) in [5.74, 6) is -0.192. The van der Waals surface area contributed by atoms with Crippen molar-refractivity contribution in [2.24, 2.45) is 0 Å². The Morgan fingerprint density at radius 2 is 1.81 bits per heavy atom. The fraction of sp³-hybridized carbons (Fsp3) is 0.136. The molecule has 0 atom stereocenters. The zero-order chi connectivity index (χ0) is 22.4.